The highest BCUT2D eigenvalue weighted by molar-refractivity contribution is 6.30. The Morgan fingerprint density at radius 2 is 1.77 bits per heavy atom. The van der Waals surface area contributed by atoms with Crippen molar-refractivity contribution in [1.29, 1.82) is 5.26 Å². The summed E-state index contributed by atoms with van der Waals surface area (Å²) >= 11 is 5.93. The Hall–Kier alpha value is -2.32. The molecular formula is C16H16ClN5. The van der Waals surface area contributed by atoms with E-state index >= 15 is 0 Å². The Labute approximate surface area is 134 Å². The summed E-state index contributed by atoms with van der Waals surface area (Å²) in [6.07, 6.45) is 3.48. The van der Waals surface area contributed by atoms with Crippen molar-refractivity contribution in [3.8, 4) is 17.3 Å². The number of nitriles is 1. The van der Waals surface area contributed by atoms with Gasteiger partial charge in [0.05, 0.1) is 5.69 Å². The van der Waals surface area contributed by atoms with Crippen LogP contribution in [0.3, 0.4) is 0 Å². The second-order valence-corrected chi connectivity index (χ2v) is 5.74. The van der Waals surface area contributed by atoms with E-state index in [0.29, 0.717) is 22.2 Å². The van der Waals surface area contributed by atoms with Crippen molar-refractivity contribution in [3.05, 3.63) is 34.9 Å². The lowest BCUT2D eigenvalue weighted by Crippen LogP contribution is -2.31. The van der Waals surface area contributed by atoms with Gasteiger partial charge in [0.2, 0.25) is 5.95 Å². The number of nitrogens with zero attached hydrogens (tertiary/aromatic N) is 4. The number of hydrogen-bond donors (Lipinski definition) is 1. The van der Waals surface area contributed by atoms with Gasteiger partial charge in [-0.3, -0.25) is 0 Å². The monoisotopic (exact) mass is 313 g/mol. The van der Waals surface area contributed by atoms with E-state index in [1.807, 2.05) is 12.1 Å². The quantitative estimate of drug-likeness (QED) is 0.920. The van der Waals surface area contributed by atoms with Crippen LogP contribution in [-0.4, -0.2) is 23.1 Å². The molecule has 1 aliphatic heterocycles. The summed E-state index contributed by atoms with van der Waals surface area (Å²) < 4.78 is 0. The molecule has 1 aromatic heterocycles. The minimum atomic E-state index is 0.225. The number of anilines is 2. The van der Waals surface area contributed by atoms with Crippen molar-refractivity contribution in [2.45, 2.75) is 19.3 Å². The molecule has 0 aliphatic carbocycles. The first-order chi connectivity index (χ1) is 10.7. The summed E-state index contributed by atoms with van der Waals surface area (Å²) in [5.74, 6) is 0.823. The van der Waals surface area contributed by atoms with Crippen LogP contribution in [0, 0.1) is 11.3 Å². The number of piperidine rings is 1. The lowest BCUT2D eigenvalue weighted by Gasteiger charge is -2.27. The van der Waals surface area contributed by atoms with Crippen molar-refractivity contribution >= 4 is 23.4 Å². The minimum absolute atomic E-state index is 0.225. The molecule has 0 spiro atoms. The van der Waals surface area contributed by atoms with Crippen molar-refractivity contribution in [3.63, 3.8) is 0 Å². The zero-order valence-corrected chi connectivity index (χ0v) is 12.8. The summed E-state index contributed by atoms with van der Waals surface area (Å²) in [5, 5.41) is 10.0. The van der Waals surface area contributed by atoms with Crippen molar-refractivity contribution in [1.82, 2.24) is 9.97 Å². The van der Waals surface area contributed by atoms with Crippen molar-refractivity contribution in [2.75, 3.05) is 23.7 Å². The van der Waals surface area contributed by atoms with Crippen molar-refractivity contribution < 1.29 is 0 Å². The van der Waals surface area contributed by atoms with Crippen LogP contribution in [0.4, 0.5) is 11.8 Å². The lowest BCUT2D eigenvalue weighted by atomic mass is 10.1. The predicted octanol–water partition coefficient (Wildman–Crippen LogP) is 3.24. The molecule has 2 heterocycles. The highest BCUT2D eigenvalue weighted by Gasteiger charge is 2.19. The highest BCUT2D eigenvalue weighted by Crippen LogP contribution is 2.28. The lowest BCUT2D eigenvalue weighted by molar-refractivity contribution is 0.568. The first-order valence-corrected chi connectivity index (χ1v) is 7.65. The Morgan fingerprint density at radius 1 is 1.09 bits per heavy atom. The predicted molar refractivity (Wildman–Crippen MR) is 87.7 cm³/mol. The van der Waals surface area contributed by atoms with Crippen LogP contribution in [0.5, 0.6) is 0 Å². The van der Waals surface area contributed by atoms with E-state index in [-0.39, 0.29) is 5.82 Å². The Morgan fingerprint density at radius 3 is 2.41 bits per heavy atom. The van der Waals surface area contributed by atoms with Gasteiger partial charge in [-0.15, -0.1) is 0 Å². The largest absolute Gasteiger partial charge is 0.382 e. The van der Waals surface area contributed by atoms with Crippen LogP contribution in [0.2, 0.25) is 5.02 Å². The summed E-state index contributed by atoms with van der Waals surface area (Å²) in [7, 11) is 0. The zero-order valence-electron chi connectivity index (χ0n) is 12.1. The molecule has 1 aliphatic rings. The van der Waals surface area contributed by atoms with E-state index in [1.165, 1.54) is 6.42 Å². The molecule has 112 valence electrons. The molecule has 5 nitrogen and oxygen atoms in total. The summed E-state index contributed by atoms with van der Waals surface area (Å²) in [6, 6.07) is 9.33. The van der Waals surface area contributed by atoms with Gasteiger partial charge in [-0.05, 0) is 31.4 Å². The summed E-state index contributed by atoms with van der Waals surface area (Å²) in [5.41, 5.74) is 7.66. The van der Waals surface area contributed by atoms with E-state index in [4.69, 9.17) is 17.3 Å². The van der Waals surface area contributed by atoms with Gasteiger partial charge in [0, 0.05) is 23.7 Å². The first-order valence-electron chi connectivity index (χ1n) is 7.27. The molecule has 0 amide bonds. The fourth-order valence-corrected chi connectivity index (χ4v) is 2.75. The van der Waals surface area contributed by atoms with Gasteiger partial charge in [-0.25, -0.2) is 4.98 Å². The van der Waals surface area contributed by atoms with Gasteiger partial charge in [-0.2, -0.15) is 10.2 Å². The van der Waals surface area contributed by atoms with E-state index in [1.54, 1.807) is 12.1 Å². The van der Waals surface area contributed by atoms with Crippen LogP contribution in [0.25, 0.3) is 11.3 Å². The number of nitrogens with two attached hydrogens (primary N) is 1. The van der Waals surface area contributed by atoms with Crippen LogP contribution < -0.4 is 10.6 Å². The number of hydrogen-bond acceptors (Lipinski definition) is 5. The van der Waals surface area contributed by atoms with Gasteiger partial charge in [-0.1, -0.05) is 23.7 Å². The maximum absolute atomic E-state index is 9.37. The van der Waals surface area contributed by atoms with Gasteiger partial charge < -0.3 is 10.6 Å². The van der Waals surface area contributed by atoms with E-state index in [2.05, 4.69) is 20.9 Å². The third-order valence-corrected chi connectivity index (χ3v) is 4.05. The normalized spacial score (nSPS) is 14.6. The number of aromatic nitrogens is 2. The third-order valence-electron chi connectivity index (χ3n) is 3.79. The molecule has 3 rings (SSSR count). The zero-order chi connectivity index (χ0) is 15.5. The fraction of sp³-hybridized carbons (Fsp3) is 0.312. The first kappa shape index (κ1) is 14.6. The molecule has 1 aromatic carbocycles. The average molecular weight is 314 g/mol. The highest BCUT2D eigenvalue weighted by atomic mass is 35.5. The maximum Gasteiger partial charge on any atom is 0.227 e. The molecule has 1 fully saturated rings. The van der Waals surface area contributed by atoms with Crippen LogP contribution in [0.15, 0.2) is 24.3 Å². The average Bonchev–Trinajstić information content (AvgIpc) is 2.55. The molecule has 0 radical (unpaired) electrons. The maximum atomic E-state index is 9.37. The molecule has 1 saturated heterocycles. The van der Waals surface area contributed by atoms with Crippen LogP contribution in [-0.2, 0) is 0 Å². The molecule has 0 saturated carbocycles. The molecule has 22 heavy (non-hydrogen) atoms. The topological polar surface area (TPSA) is 78.8 Å². The molecule has 6 heteroatoms. The molecular weight excluding hydrogens is 298 g/mol. The fourth-order valence-electron chi connectivity index (χ4n) is 2.63. The van der Waals surface area contributed by atoms with Crippen LogP contribution in [0.1, 0.15) is 24.8 Å². The van der Waals surface area contributed by atoms with E-state index in [0.717, 1.165) is 31.5 Å². The second kappa shape index (κ2) is 6.20. The number of halogens is 1. The van der Waals surface area contributed by atoms with E-state index < -0.39 is 0 Å². The third kappa shape index (κ3) is 2.83. The molecule has 2 aromatic rings. The number of rotatable bonds is 2. The molecule has 0 bridgehead atoms. The van der Waals surface area contributed by atoms with E-state index in [9.17, 15) is 5.26 Å². The van der Waals surface area contributed by atoms with Gasteiger partial charge in [0.15, 0.2) is 0 Å². The van der Waals surface area contributed by atoms with Gasteiger partial charge in [0.25, 0.3) is 0 Å². The Bertz CT molecular complexity index is 715. The standard InChI is InChI=1S/C16H16ClN5/c17-12-6-4-11(5-7-12)14-13(10-18)15(19)21-16(20-14)22-8-2-1-3-9-22/h4-7H,1-3,8-9H2,(H2,19,20,21). The summed E-state index contributed by atoms with van der Waals surface area (Å²) in [6.45, 7) is 1.84. The SMILES string of the molecule is N#Cc1c(N)nc(N2CCCCC2)nc1-c1ccc(Cl)cc1. The number of benzene rings is 1. The molecule has 0 atom stereocenters. The summed E-state index contributed by atoms with van der Waals surface area (Å²) in [4.78, 5) is 11.0. The molecule has 2 N–H and O–H groups in total. The Kier molecular flexibility index (Phi) is 4.12. The Balaban J connectivity index is 2.08. The van der Waals surface area contributed by atoms with Gasteiger partial charge >= 0.3 is 0 Å². The second-order valence-electron chi connectivity index (χ2n) is 5.30. The molecule has 0 unspecified atom stereocenters. The minimum Gasteiger partial charge on any atom is -0.382 e. The smallest absolute Gasteiger partial charge is 0.227 e. The van der Waals surface area contributed by atoms with Crippen LogP contribution >= 0.6 is 11.6 Å². The van der Waals surface area contributed by atoms with Gasteiger partial charge in [0.1, 0.15) is 17.5 Å². The van der Waals surface area contributed by atoms with Crippen molar-refractivity contribution in [2.24, 2.45) is 0 Å². The number of nitrogen functional groups attached to an aromatic ring is 1.